The van der Waals surface area contributed by atoms with E-state index in [2.05, 4.69) is 15.3 Å². The highest BCUT2D eigenvalue weighted by atomic mass is 32.1. The summed E-state index contributed by atoms with van der Waals surface area (Å²) in [6, 6.07) is 7.48. The SMILES string of the molecule is O=C(NCc1nccs1)c1ccc2cnccc2c1. The van der Waals surface area contributed by atoms with Crippen molar-refractivity contribution in [1.29, 1.82) is 0 Å². The second kappa shape index (κ2) is 5.16. The van der Waals surface area contributed by atoms with Crippen LogP contribution in [0.3, 0.4) is 0 Å². The summed E-state index contributed by atoms with van der Waals surface area (Å²) < 4.78 is 0. The summed E-state index contributed by atoms with van der Waals surface area (Å²) in [6.07, 6.45) is 5.24. The fourth-order valence-corrected chi connectivity index (χ4v) is 2.38. The second-order valence-electron chi connectivity index (χ2n) is 4.05. The highest BCUT2D eigenvalue weighted by Crippen LogP contribution is 2.14. The largest absolute Gasteiger partial charge is 0.346 e. The van der Waals surface area contributed by atoms with Gasteiger partial charge < -0.3 is 5.32 Å². The highest BCUT2D eigenvalue weighted by molar-refractivity contribution is 7.09. The Hall–Kier alpha value is -2.27. The molecule has 1 aromatic carbocycles. The van der Waals surface area contributed by atoms with Gasteiger partial charge in [-0.1, -0.05) is 6.07 Å². The zero-order valence-electron chi connectivity index (χ0n) is 10.0. The minimum absolute atomic E-state index is 0.0890. The van der Waals surface area contributed by atoms with E-state index in [0.717, 1.165) is 15.8 Å². The van der Waals surface area contributed by atoms with Crippen molar-refractivity contribution in [2.24, 2.45) is 0 Å². The maximum Gasteiger partial charge on any atom is 0.251 e. The fraction of sp³-hybridized carbons (Fsp3) is 0.0714. The van der Waals surface area contributed by atoms with Crippen molar-refractivity contribution in [1.82, 2.24) is 15.3 Å². The van der Waals surface area contributed by atoms with Gasteiger partial charge in [-0.05, 0) is 23.6 Å². The Morgan fingerprint density at radius 2 is 2.16 bits per heavy atom. The van der Waals surface area contributed by atoms with Crippen LogP contribution in [-0.2, 0) is 6.54 Å². The first-order chi connectivity index (χ1) is 9.33. The third kappa shape index (κ3) is 2.61. The molecule has 0 saturated heterocycles. The number of hydrogen-bond donors (Lipinski definition) is 1. The standard InChI is InChI=1S/C14H11N3OS/c18-14(17-9-13-16-5-6-19-13)11-1-2-12-8-15-4-3-10(12)7-11/h1-8H,9H2,(H,17,18). The van der Waals surface area contributed by atoms with Crippen LogP contribution in [0, 0.1) is 0 Å². The molecule has 0 saturated carbocycles. The Balaban J connectivity index is 1.77. The Morgan fingerprint density at radius 1 is 1.21 bits per heavy atom. The number of fused-ring (bicyclic) bond motifs is 1. The molecule has 0 spiro atoms. The van der Waals surface area contributed by atoms with Crippen molar-refractivity contribution in [3.63, 3.8) is 0 Å². The predicted molar refractivity (Wildman–Crippen MR) is 75.0 cm³/mol. The van der Waals surface area contributed by atoms with E-state index in [9.17, 15) is 4.79 Å². The molecule has 5 heteroatoms. The van der Waals surface area contributed by atoms with Gasteiger partial charge in [0.05, 0.1) is 6.54 Å². The maximum absolute atomic E-state index is 12.0. The Labute approximate surface area is 114 Å². The van der Waals surface area contributed by atoms with E-state index in [1.807, 2.05) is 23.6 Å². The topological polar surface area (TPSA) is 54.9 Å². The molecule has 3 aromatic rings. The quantitative estimate of drug-likeness (QED) is 0.795. The molecule has 4 nitrogen and oxygen atoms in total. The summed E-state index contributed by atoms with van der Waals surface area (Å²) in [5.74, 6) is -0.0890. The van der Waals surface area contributed by atoms with E-state index in [1.165, 1.54) is 11.3 Å². The molecule has 2 heterocycles. The van der Waals surface area contributed by atoms with Crippen molar-refractivity contribution in [3.05, 3.63) is 58.8 Å². The Morgan fingerprint density at radius 3 is 3.00 bits per heavy atom. The van der Waals surface area contributed by atoms with Crippen LogP contribution < -0.4 is 5.32 Å². The average Bonchev–Trinajstić information content (AvgIpc) is 2.97. The van der Waals surface area contributed by atoms with Gasteiger partial charge in [-0.15, -0.1) is 11.3 Å². The van der Waals surface area contributed by atoms with Crippen LogP contribution in [-0.4, -0.2) is 15.9 Å². The molecule has 1 N–H and O–H groups in total. The van der Waals surface area contributed by atoms with Crippen molar-refractivity contribution in [3.8, 4) is 0 Å². The van der Waals surface area contributed by atoms with E-state index < -0.39 is 0 Å². The van der Waals surface area contributed by atoms with Crippen LogP contribution in [0.25, 0.3) is 10.8 Å². The molecule has 0 atom stereocenters. The van der Waals surface area contributed by atoms with Gasteiger partial charge in [-0.25, -0.2) is 4.98 Å². The van der Waals surface area contributed by atoms with Crippen LogP contribution >= 0.6 is 11.3 Å². The number of carbonyl (C=O) groups excluding carboxylic acids is 1. The molecule has 0 aliphatic carbocycles. The normalized spacial score (nSPS) is 10.5. The fourth-order valence-electron chi connectivity index (χ4n) is 1.82. The van der Waals surface area contributed by atoms with Crippen LogP contribution in [0.4, 0.5) is 0 Å². The van der Waals surface area contributed by atoms with Gasteiger partial charge in [0.1, 0.15) is 5.01 Å². The predicted octanol–water partition coefficient (Wildman–Crippen LogP) is 2.62. The Bertz CT molecular complexity index is 710. The number of pyridine rings is 1. The first kappa shape index (κ1) is 11.8. The summed E-state index contributed by atoms with van der Waals surface area (Å²) >= 11 is 1.53. The molecular formula is C14H11N3OS. The van der Waals surface area contributed by atoms with E-state index in [4.69, 9.17) is 0 Å². The summed E-state index contributed by atoms with van der Waals surface area (Å²) in [5, 5.41) is 7.69. The molecule has 1 amide bonds. The number of aromatic nitrogens is 2. The van der Waals surface area contributed by atoms with Crippen molar-refractivity contribution >= 4 is 28.0 Å². The van der Waals surface area contributed by atoms with Gasteiger partial charge >= 0.3 is 0 Å². The lowest BCUT2D eigenvalue weighted by molar-refractivity contribution is 0.0951. The van der Waals surface area contributed by atoms with Gasteiger partial charge in [0, 0.05) is 34.9 Å². The van der Waals surface area contributed by atoms with Crippen molar-refractivity contribution in [2.45, 2.75) is 6.54 Å². The van der Waals surface area contributed by atoms with E-state index in [-0.39, 0.29) is 5.91 Å². The molecule has 0 aliphatic heterocycles. The molecule has 0 radical (unpaired) electrons. The lowest BCUT2D eigenvalue weighted by Gasteiger charge is -2.04. The molecule has 0 aliphatic rings. The number of carbonyl (C=O) groups is 1. The first-order valence-electron chi connectivity index (χ1n) is 5.83. The lowest BCUT2D eigenvalue weighted by atomic mass is 10.1. The molecule has 94 valence electrons. The number of rotatable bonds is 3. The molecule has 0 bridgehead atoms. The van der Waals surface area contributed by atoms with Crippen LogP contribution in [0.1, 0.15) is 15.4 Å². The number of amides is 1. The average molecular weight is 269 g/mol. The minimum Gasteiger partial charge on any atom is -0.346 e. The molecule has 3 rings (SSSR count). The van der Waals surface area contributed by atoms with Gasteiger partial charge in [0.2, 0.25) is 0 Å². The summed E-state index contributed by atoms with van der Waals surface area (Å²) in [6.45, 7) is 0.463. The van der Waals surface area contributed by atoms with Crippen LogP contribution in [0.2, 0.25) is 0 Å². The zero-order chi connectivity index (χ0) is 13.1. The van der Waals surface area contributed by atoms with Crippen LogP contribution in [0.15, 0.2) is 48.2 Å². The van der Waals surface area contributed by atoms with Gasteiger partial charge in [0.15, 0.2) is 0 Å². The Kier molecular flexibility index (Phi) is 3.20. The van der Waals surface area contributed by atoms with Crippen LogP contribution in [0.5, 0.6) is 0 Å². The number of thiazole rings is 1. The van der Waals surface area contributed by atoms with Gasteiger partial charge in [-0.2, -0.15) is 0 Å². The second-order valence-corrected chi connectivity index (χ2v) is 5.03. The number of nitrogens with one attached hydrogen (secondary N) is 1. The molecule has 0 unspecified atom stereocenters. The minimum atomic E-state index is -0.0890. The number of hydrogen-bond acceptors (Lipinski definition) is 4. The summed E-state index contributed by atoms with van der Waals surface area (Å²) in [7, 11) is 0. The van der Waals surface area contributed by atoms with E-state index >= 15 is 0 Å². The van der Waals surface area contributed by atoms with Crippen molar-refractivity contribution < 1.29 is 4.79 Å². The lowest BCUT2D eigenvalue weighted by Crippen LogP contribution is -2.22. The monoisotopic (exact) mass is 269 g/mol. The van der Waals surface area contributed by atoms with E-state index in [1.54, 1.807) is 24.7 Å². The van der Waals surface area contributed by atoms with Gasteiger partial charge in [0.25, 0.3) is 5.91 Å². The smallest absolute Gasteiger partial charge is 0.251 e. The van der Waals surface area contributed by atoms with Crippen molar-refractivity contribution in [2.75, 3.05) is 0 Å². The molecule has 19 heavy (non-hydrogen) atoms. The number of nitrogens with zero attached hydrogens (tertiary/aromatic N) is 2. The molecule has 0 fully saturated rings. The molecule has 2 aromatic heterocycles. The maximum atomic E-state index is 12.0. The van der Waals surface area contributed by atoms with E-state index in [0.29, 0.717) is 12.1 Å². The third-order valence-electron chi connectivity index (χ3n) is 2.79. The zero-order valence-corrected chi connectivity index (χ0v) is 10.9. The summed E-state index contributed by atoms with van der Waals surface area (Å²) in [4.78, 5) is 20.2. The number of benzene rings is 1. The van der Waals surface area contributed by atoms with Gasteiger partial charge in [-0.3, -0.25) is 9.78 Å². The third-order valence-corrected chi connectivity index (χ3v) is 3.57. The molecular weight excluding hydrogens is 258 g/mol. The first-order valence-corrected chi connectivity index (χ1v) is 6.71. The summed E-state index contributed by atoms with van der Waals surface area (Å²) in [5.41, 5.74) is 0.648. The highest BCUT2D eigenvalue weighted by Gasteiger charge is 2.06.